The number of nitrogens with one attached hydrogen (secondary N) is 7. The number of hydrogen-bond donors (Lipinski definition) is 19. The number of hydrogen-bond acceptors (Lipinski definition) is 25. The minimum Gasteiger partial charge on any atom is -0.512 e. The van der Waals surface area contributed by atoms with Crippen molar-refractivity contribution >= 4 is 76.1 Å². The molecule has 2 fully saturated rings. The summed E-state index contributed by atoms with van der Waals surface area (Å²) in [4.78, 5) is 117. The third-order valence-corrected chi connectivity index (χ3v) is 18.7. The molecule has 7 heterocycles. The first kappa shape index (κ1) is 74.7. The summed E-state index contributed by atoms with van der Waals surface area (Å²) in [6.07, 6.45) is -18.2. The highest BCUT2D eigenvalue weighted by molar-refractivity contribution is 6.32. The molecule has 12 rings (SSSR count). The first-order chi connectivity index (χ1) is 47.7. The summed E-state index contributed by atoms with van der Waals surface area (Å²) in [5.74, 6) is -15.5. The van der Waals surface area contributed by atoms with E-state index in [1.165, 1.54) is 33.0 Å². The molecule has 0 spiro atoms. The fraction of sp³-hybridized carbons (Fsp3) is 0.455. The Morgan fingerprint density at radius 3 is 1.96 bits per heavy atom. The average Bonchev–Trinajstić information content (AvgIpc) is 0.771. The van der Waals surface area contributed by atoms with E-state index >= 15 is 14.4 Å². The van der Waals surface area contributed by atoms with Crippen LogP contribution >= 0.6 is 23.2 Å². The lowest BCUT2D eigenvalue weighted by atomic mass is 9.84. The fourth-order valence-corrected chi connectivity index (χ4v) is 13.2. The molecule has 101 heavy (non-hydrogen) atoms. The maximum Gasteiger partial charge on any atom is 0.330 e. The van der Waals surface area contributed by atoms with E-state index in [9.17, 15) is 75.0 Å². The highest BCUT2D eigenvalue weighted by atomic mass is 35.5. The number of ether oxygens (including phenoxy) is 6. The van der Waals surface area contributed by atoms with Gasteiger partial charge in [0, 0.05) is 41.1 Å². The number of phenolic OH excluding ortho intramolecular Hbond substituents is 2. The van der Waals surface area contributed by atoms with Crippen LogP contribution in [0, 0.1) is 5.92 Å². The topological polar surface area (TPSA) is 530 Å². The molecule has 8 aliphatic rings. The van der Waals surface area contributed by atoms with Crippen LogP contribution in [0.3, 0.4) is 0 Å². The highest BCUT2D eigenvalue weighted by Crippen LogP contribution is 2.49. The number of rotatable bonds is 13. The van der Waals surface area contributed by atoms with Gasteiger partial charge in [-0.3, -0.25) is 33.6 Å². The maximum absolute atomic E-state index is 16.0. The molecule has 7 aliphatic heterocycles. The van der Waals surface area contributed by atoms with Gasteiger partial charge in [0.2, 0.25) is 53.4 Å². The van der Waals surface area contributed by atoms with E-state index in [0.29, 0.717) is 0 Å². The number of carbonyl (C=O) groups excluding carboxylic acids is 7. The molecule has 544 valence electrons. The third-order valence-electron chi connectivity index (χ3n) is 18.1. The number of halogens is 2. The summed E-state index contributed by atoms with van der Waals surface area (Å²) in [7, 11) is 1.48. The number of primary amides is 1. The van der Waals surface area contributed by atoms with Gasteiger partial charge in [0.15, 0.2) is 29.9 Å². The number of fused-ring (bicyclic) bond motifs is 14. The Balaban J connectivity index is 1.23. The lowest BCUT2D eigenvalue weighted by Crippen LogP contribution is -2.64. The number of carbonyl (C=O) groups is 8. The predicted molar refractivity (Wildman–Crippen MR) is 350 cm³/mol. The molecule has 0 aromatic heterocycles. The van der Waals surface area contributed by atoms with Crippen LogP contribution in [-0.4, -0.2) is 197 Å². The molecular weight excluding hydrogens is 1370 g/mol. The number of allylic oxidation sites excluding steroid dienone is 3. The van der Waals surface area contributed by atoms with Crippen LogP contribution in [0.15, 0.2) is 78.1 Å². The second-order valence-electron chi connectivity index (χ2n) is 26.0. The van der Waals surface area contributed by atoms with Crippen molar-refractivity contribution < 1.29 is 118 Å². The van der Waals surface area contributed by atoms with Crippen molar-refractivity contribution in [2.75, 3.05) is 13.7 Å². The lowest BCUT2D eigenvalue weighted by Gasteiger charge is -2.47. The zero-order valence-electron chi connectivity index (χ0n) is 54.6. The second kappa shape index (κ2) is 30.3. The van der Waals surface area contributed by atoms with E-state index in [0.717, 1.165) is 54.6 Å². The van der Waals surface area contributed by atoms with Crippen LogP contribution in [0.5, 0.6) is 40.2 Å². The first-order valence-corrected chi connectivity index (χ1v) is 32.7. The molecule has 4 aromatic rings. The van der Waals surface area contributed by atoms with Crippen molar-refractivity contribution in [3.05, 3.63) is 116 Å². The van der Waals surface area contributed by atoms with Crippen LogP contribution in [0.1, 0.15) is 112 Å². The maximum atomic E-state index is 16.0. The van der Waals surface area contributed by atoms with Gasteiger partial charge in [0.1, 0.15) is 89.5 Å². The minimum atomic E-state index is -2.32. The fourth-order valence-electron chi connectivity index (χ4n) is 12.8. The largest absolute Gasteiger partial charge is 0.512 e. The van der Waals surface area contributed by atoms with Gasteiger partial charge in [-0.15, -0.1) is 0 Å². The third kappa shape index (κ3) is 15.9. The van der Waals surface area contributed by atoms with Crippen LogP contribution in [0.2, 0.25) is 10.0 Å². The van der Waals surface area contributed by atoms with Gasteiger partial charge < -0.3 is 128 Å². The van der Waals surface area contributed by atoms with Crippen molar-refractivity contribution in [3.63, 3.8) is 0 Å². The van der Waals surface area contributed by atoms with Gasteiger partial charge in [-0.2, -0.15) is 0 Å². The molecule has 1 aliphatic carbocycles. The average molecular weight is 1450 g/mol. The van der Waals surface area contributed by atoms with Gasteiger partial charge >= 0.3 is 5.97 Å². The van der Waals surface area contributed by atoms with E-state index < -0.39 is 232 Å². The summed E-state index contributed by atoms with van der Waals surface area (Å²) >= 11 is 14.1. The molecule has 18 atom stereocenters. The Labute approximate surface area is 585 Å². The van der Waals surface area contributed by atoms with Gasteiger partial charge in [0.05, 0.1) is 41.3 Å². The van der Waals surface area contributed by atoms with Gasteiger partial charge in [-0.1, -0.05) is 49.2 Å². The molecule has 4 aromatic carbocycles. The van der Waals surface area contributed by atoms with Crippen LogP contribution in [0.25, 0.3) is 5.57 Å². The molecule has 0 saturated carbocycles. The Bertz CT molecular complexity index is 4010. The van der Waals surface area contributed by atoms with Crippen molar-refractivity contribution in [1.82, 2.24) is 37.2 Å². The number of aliphatic hydroxyl groups is 7. The number of aliphatic hydroxyl groups excluding tert-OH is 7. The monoisotopic (exact) mass is 1450 g/mol. The van der Waals surface area contributed by atoms with E-state index in [1.54, 1.807) is 0 Å². The van der Waals surface area contributed by atoms with E-state index in [4.69, 9.17) is 63.1 Å². The number of amides is 7. The molecule has 2 saturated heterocycles. The van der Waals surface area contributed by atoms with Crippen LogP contribution < -0.4 is 62.9 Å². The van der Waals surface area contributed by atoms with E-state index in [-0.39, 0.29) is 64.0 Å². The summed E-state index contributed by atoms with van der Waals surface area (Å²) in [6, 6.07) is -3.43. The predicted octanol–water partition coefficient (Wildman–Crippen LogP) is 0.0504. The number of aromatic hydroxyl groups is 2. The molecule has 7 amide bonds. The molecule has 33 nitrogen and oxygen atoms in total. The van der Waals surface area contributed by atoms with Crippen LogP contribution in [0.4, 0.5) is 0 Å². The van der Waals surface area contributed by atoms with Gasteiger partial charge in [-0.25, -0.2) is 4.79 Å². The number of phenols is 2. The molecule has 21 N–H and O–H groups in total. The lowest BCUT2D eigenvalue weighted by molar-refractivity contribution is -0.333. The highest BCUT2D eigenvalue weighted by Gasteiger charge is 2.52. The Hall–Kier alpha value is -8.94. The van der Waals surface area contributed by atoms with Crippen molar-refractivity contribution in [2.45, 2.75) is 169 Å². The SMILES string of the molecule is CN[C@H](CC(C)C)C(=O)NC1C(=O)N[C@@H](CC(N)=O)C(=O)N[C@H]2C(=O)N[C@H]3C(=O)N[C@H](C(=O)N[C@@H](C(=O)O)c4cc(O)cc(O)c4C4=C(O)CCC3=C4)[C@H](O)c3ccc(c(Cl)c3)Oc3cc2cc(c3OC2O[C@@H](CO)[C@@H](O)[C@H](O)[C@@H]2O[C@@H]2C[C@](C)(N)[C@H](O)[C@@H](C)O2)Oc2ccc(cc2Cl)[C@H]1O. The van der Waals surface area contributed by atoms with Crippen molar-refractivity contribution in [3.8, 4) is 40.2 Å². The summed E-state index contributed by atoms with van der Waals surface area (Å²) in [6.45, 7) is 5.68. The zero-order valence-corrected chi connectivity index (χ0v) is 56.1. The number of carboxylic acids is 1. The van der Waals surface area contributed by atoms with Crippen molar-refractivity contribution in [2.24, 2.45) is 17.4 Å². The number of nitrogens with two attached hydrogens (primary N) is 2. The van der Waals surface area contributed by atoms with Gasteiger partial charge in [-0.05, 0) is 110 Å². The summed E-state index contributed by atoms with van der Waals surface area (Å²) < 4.78 is 38.3. The molecule has 2 unspecified atom stereocenters. The number of benzene rings is 4. The smallest absolute Gasteiger partial charge is 0.330 e. The second-order valence-corrected chi connectivity index (χ2v) is 26.8. The number of aliphatic carboxylic acids is 1. The first-order valence-electron chi connectivity index (χ1n) is 31.9. The summed E-state index contributed by atoms with van der Waals surface area (Å²) in [5, 5.41) is 131. The number of likely N-dealkylation sites (N-methyl/N-ethyl adjacent to an activating group) is 1. The minimum absolute atomic E-state index is 0.0943. The molecule has 35 heteroatoms. The Kier molecular flexibility index (Phi) is 22.4. The zero-order chi connectivity index (χ0) is 73.5. The van der Waals surface area contributed by atoms with Gasteiger partial charge in [0.25, 0.3) is 0 Å². The van der Waals surface area contributed by atoms with Crippen molar-refractivity contribution in [1.29, 1.82) is 0 Å². The summed E-state index contributed by atoms with van der Waals surface area (Å²) in [5.41, 5.74) is 8.41. The quantitative estimate of drug-likeness (QED) is 0.0841. The Morgan fingerprint density at radius 1 is 0.752 bits per heavy atom. The molecule has 0 radical (unpaired) electrons. The number of carboxylic acid groups (broad SMARTS) is 1. The van der Waals surface area contributed by atoms with E-state index in [2.05, 4.69) is 37.2 Å². The standard InChI is InChI=1S/C66H77Cl2N9O24/c1-23(2)12-34(71-5)58(88)76-49-51(83)26-7-10-38(32(67)14-26)97-40-16-28-17-41(55(40)101-65-56(54(86)53(85)42(22-78)99-65)100-44-21-66(4,70)57(87)24(3)96-44)98-39-11-8-27(15-33(39)68)52(84)50-63(93)75-48(64(94)95)31-18-29(79)19-37(81)45(31)30-13-25(6-9-36(30)80)46(60(90)77-50)74-61(91)47(28)73-59(89)35(20-43(69)82)72-62(49)92/h7-8,10-11,13-19,23-24,34-35,42,44,46-54,56-57,65,71,78-81,83-87H,6,9,12,20-22,70H2,1-5H3,(H2,69,82)(H,72,92)(H,73,89)(H,74,91)(H,75,93)(H,76,88)(H,77,90)(H,94,95)/t24-,34-,35+,42+,44-,46-,47-,48-,49?,50+,51-,52-,53-,54+,56+,57-,65?,66+/m1/s1. The Morgan fingerprint density at radius 2 is 1.38 bits per heavy atom. The normalized spacial score (nSPS) is 30.4. The molecular formula is C66H77Cl2N9O24. The van der Waals surface area contributed by atoms with Crippen LogP contribution in [-0.2, 0) is 52.6 Å². The van der Waals surface area contributed by atoms with E-state index in [1.807, 2.05) is 13.8 Å². The molecule has 11 bridgehead atoms.